The molecular weight excluding hydrogens is 306 g/mol. The average Bonchev–Trinajstić information content (AvgIpc) is 3.29. The summed E-state index contributed by atoms with van der Waals surface area (Å²) in [5, 5.41) is 15.0. The molecule has 2 aromatic rings. The van der Waals surface area contributed by atoms with E-state index in [2.05, 4.69) is 16.9 Å². The molecule has 0 spiro atoms. The molecule has 1 saturated heterocycles. The van der Waals surface area contributed by atoms with Gasteiger partial charge in [0, 0.05) is 19.6 Å². The van der Waals surface area contributed by atoms with Gasteiger partial charge in [0.25, 0.3) is 0 Å². The third kappa shape index (κ3) is 3.35. The topological polar surface area (TPSA) is 63.7 Å². The molecule has 3 rings (SSSR count). The molecule has 2 unspecified atom stereocenters. The van der Waals surface area contributed by atoms with Gasteiger partial charge in [-0.25, -0.2) is 4.68 Å². The number of nitrogens with zero attached hydrogens (tertiary/aromatic N) is 3. The average molecular weight is 333 g/mol. The molecule has 0 aromatic carbocycles. The Balaban J connectivity index is 1.72. The van der Waals surface area contributed by atoms with Gasteiger partial charge in [-0.1, -0.05) is 6.92 Å². The summed E-state index contributed by atoms with van der Waals surface area (Å²) in [5.41, 5.74) is 2.26. The summed E-state index contributed by atoms with van der Waals surface area (Å²) in [6.45, 7) is 3.97. The molecule has 0 saturated carbocycles. The molecule has 24 heavy (non-hydrogen) atoms. The van der Waals surface area contributed by atoms with Crippen LogP contribution in [0.3, 0.4) is 0 Å². The third-order valence-electron chi connectivity index (χ3n) is 4.93. The van der Waals surface area contributed by atoms with Crippen molar-refractivity contribution in [2.24, 2.45) is 7.05 Å². The Labute approximate surface area is 143 Å². The van der Waals surface area contributed by atoms with E-state index < -0.39 is 6.10 Å². The van der Waals surface area contributed by atoms with Crippen LogP contribution in [0.15, 0.2) is 22.8 Å². The van der Waals surface area contributed by atoms with Crippen LogP contribution < -0.4 is 4.74 Å². The molecule has 2 atom stereocenters. The first-order chi connectivity index (χ1) is 11.6. The number of aryl methyl sites for hydroxylation is 2. The Morgan fingerprint density at radius 3 is 3.00 bits per heavy atom. The highest BCUT2D eigenvalue weighted by atomic mass is 16.5. The highest BCUT2D eigenvalue weighted by Gasteiger charge is 2.30. The third-order valence-corrected chi connectivity index (χ3v) is 4.93. The minimum atomic E-state index is -0.549. The Kier molecular flexibility index (Phi) is 5.26. The number of rotatable bonds is 7. The first kappa shape index (κ1) is 17.0. The fourth-order valence-electron chi connectivity index (χ4n) is 3.73. The van der Waals surface area contributed by atoms with E-state index >= 15 is 0 Å². The van der Waals surface area contributed by atoms with E-state index in [0.717, 1.165) is 43.9 Å². The quantitative estimate of drug-likeness (QED) is 0.844. The zero-order valence-corrected chi connectivity index (χ0v) is 14.7. The summed E-state index contributed by atoms with van der Waals surface area (Å²) >= 11 is 0. The second-order valence-electron chi connectivity index (χ2n) is 6.45. The largest absolute Gasteiger partial charge is 0.481 e. The lowest BCUT2D eigenvalue weighted by Gasteiger charge is -2.26. The van der Waals surface area contributed by atoms with Crippen LogP contribution in [0.4, 0.5) is 0 Å². The van der Waals surface area contributed by atoms with Crippen molar-refractivity contribution in [3.63, 3.8) is 0 Å². The SMILES string of the molecule is CCc1nn(C)c(OC)c1CN1CCCC1CC(O)c1ccco1. The van der Waals surface area contributed by atoms with Crippen LogP contribution in [-0.4, -0.2) is 39.5 Å². The monoisotopic (exact) mass is 333 g/mol. The Morgan fingerprint density at radius 2 is 2.33 bits per heavy atom. The van der Waals surface area contributed by atoms with Gasteiger partial charge >= 0.3 is 0 Å². The first-order valence-corrected chi connectivity index (χ1v) is 8.68. The highest BCUT2D eigenvalue weighted by Crippen LogP contribution is 2.31. The minimum Gasteiger partial charge on any atom is -0.481 e. The molecule has 6 nitrogen and oxygen atoms in total. The van der Waals surface area contributed by atoms with E-state index in [9.17, 15) is 5.11 Å². The number of aliphatic hydroxyl groups excluding tert-OH is 1. The molecule has 6 heteroatoms. The maximum absolute atomic E-state index is 10.4. The summed E-state index contributed by atoms with van der Waals surface area (Å²) < 4.78 is 12.7. The molecule has 1 aliphatic rings. The summed E-state index contributed by atoms with van der Waals surface area (Å²) in [5.74, 6) is 1.49. The Hall–Kier alpha value is -1.79. The van der Waals surface area contributed by atoms with E-state index in [1.165, 1.54) is 5.56 Å². The van der Waals surface area contributed by atoms with Gasteiger partial charge in [-0.2, -0.15) is 5.10 Å². The molecular formula is C18H27N3O3. The number of likely N-dealkylation sites (tertiary alicyclic amines) is 1. The number of furan rings is 1. The van der Waals surface area contributed by atoms with Gasteiger partial charge in [-0.3, -0.25) is 4.90 Å². The van der Waals surface area contributed by atoms with Crippen molar-refractivity contribution < 1.29 is 14.3 Å². The van der Waals surface area contributed by atoms with Crippen LogP contribution in [0, 0.1) is 0 Å². The van der Waals surface area contributed by atoms with Crippen molar-refractivity contribution in [2.75, 3.05) is 13.7 Å². The van der Waals surface area contributed by atoms with E-state index in [-0.39, 0.29) is 0 Å². The second kappa shape index (κ2) is 7.40. The van der Waals surface area contributed by atoms with Gasteiger partial charge in [-0.05, 0) is 44.4 Å². The maximum Gasteiger partial charge on any atom is 0.216 e. The zero-order valence-electron chi connectivity index (χ0n) is 14.7. The summed E-state index contributed by atoms with van der Waals surface area (Å²) in [7, 11) is 3.62. The molecule has 0 bridgehead atoms. The van der Waals surface area contributed by atoms with E-state index in [1.807, 2.05) is 23.9 Å². The molecule has 3 heterocycles. The van der Waals surface area contributed by atoms with Crippen molar-refractivity contribution >= 4 is 0 Å². The van der Waals surface area contributed by atoms with Gasteiger partial charge in [0.05, 0.1) is 24.6 Å². The normalized spacial score (nSPS) is 19.8. The van der Waals surface area contributed by atoms with E-state index in [0.29, 0.717) is 18.2 Å². The lowest BCUT2D eigenvalue weighted by atomic mass is 10.0. The van der Waals surface area contributed by atoms with Gasteiger partial charge in [-0.15, -0.1) is 0 Å². The lowest BCUT2D eigenvalue weighted by molar-refractivity contribution is 0.0991. The minimum absolute atomic E-state index is 0.347. The zero-order chi connectivity index (χ0) is 17.1. The molecule has 0 radical (unpaired) electrons. The number of hydrogen-bond acceptors (Lipinski definition) is 5. The van der Waals surface area contributed by atoms with Crippen molar-refractivity contribution in [3.8, 4) is 5.88 Å². The van der Waals surface area contributed by atoms with E-state index in [1.54, 1.807) is 13.4 Å². The van der Waals surface area contributed by atoms with Crippen molar-refractivity contribution in [2.45, 2.75) is 51.3 Å². The molecule has 0 aliphatic carbocycles. The predicted molar refractivity (Wildman–Crippen MR) is 90.9 cm³/mol. The first-order valence-electron chi connectivity index (χ1n) is 8.68. The van der Waals surface area contributed by atoms with Crippen LogP contribution in [0.25, 0.3) is 0 Å². The number of ether oxygens (including phenoxy) is 1. The Bertz CT molecular complexity index is 651. The molecule has 1 N–H and O–H groups in total. The Morgan fingerprint density at radius 1 is 1.50 bits per heavy atom. The lowest BCUT2D eigenvalue weighted by Crippen LogP contribution is -2.30. The summed E-state index contributed by atoms with van der Waals surface area (Å²) in [4.78, 5) is 2.44. The van der Waals surface area contributed by atoms with Crippen molar-refractivity contribution in [1.82, 2.24) is 14.7 Å². The molecule has 0 amide bonds. The van der Waals surface area contributed by atoms with Gasteiger partial charge in [0.15, 0.2) is 0 Å². The number of aromatic nitrogens is 2. The maximum atomic E-state index is 10.4. The standard InChI is InChI=1S/C18H27N3O3/c1-4-15-14(18(23-3)20(2)19-15)12-21-9-5-7-13(21)11-16(22)17-8-6-10-24-17/h6,8,10,13,16,22H,4-5,7,9,11-12H2,1-3H3. The number of aliphatic hydroxyl groups is 1. The van der Waals surface area contributed by atoms with Crippen LogP contribution in [-0.2, 0) is 20.0 Å². The summed E-state index contributed by atoms with van der Waals surface area (Å²) in [6.07, 6.45) is 4.89. The van der Waals surface area contributed by atoms with Crippen LogP contribution >= 0.6 is 0 Å². The molecule has 2 aromatic heterocycles. The van der Waals surface area contributed by atoms with Crippen molar-refractivity contribution in [3.05, 3.63) is 35.4 Å². The fraction of sp³-hybridized carbons (Fsp3) is 0.611. The van der Waals surface area contributed by atoms with Crippen LogP contribution in [0.2, 0.25) is 0 Å². The van der Waals surface area contributed by atoms with Crippen molar-refractivity contribution in [1.29, 1.82) is 0 Å². The number of hydrogen-bond donors (Lipinski definition) is 1. The smallest absolute Gasteiger partial charge is 0.216 e. The highest BCUT2D eigenvalue weighted by molar-refractivity contribution is 5.32. The second-order valence-corrected chi connectivity index (χ2v) is 6.45. The molecule has 1 aliphatic heterocycles. The van der Waals surface area contributed by atoms with Crippen LogP contribution in [0.5, 0.6) is 5.88 Å². The molecule has 1 fully saturated rings. The number of methoxy groups -OCH3 is 1. The van der Waals surface area contributed by atoms with Crippen LogP contribution in [0.1, 0.15) is 49.3 Å². The molecule has 132 valence electrons. The van der Waals surface area contributed by atoms with Gasteiger partial charge in [0.1, 0.15) is 11.9 Å². The van der Waals surface area contributed by atoms with Gasteiger partial charge < -0.3 is 14.3 Å². The fourth-order valence-corrected chi connectivity index (χ4v) is 3.73. The van der Waals surface area contributed by atoms with E-state index in [4.69, 9.17) is 9.15 Å². The summed E-state index contributed by atoms with van der Waals surface area (Å²) in [6, 6.07) is 4.00. The van der Waals surface area contributed by atoms with Gasteiger partial charge in [0.2, 0.25) is 5.88 Å². The predicted octanol–water partition coefficient (Wildman–Crippen LogP) is 2.67.